The Morgan fingerprint density at radius 1 is 0.654 bits per heavy atom. The first-order valence-electron chi connectivity index (χ1n) is 8.96. The Hall–Kier alpha value is -2.90. The highest BCUT2D eigenvalue weighted by Gasteiger charge is 2.25. The SMILES string of the molecule is C=Cc1ccc(C[N+](C)(Cc2ccc(C=C)cc2)c2ccccc2)cc1. The minimum absolute atomic E-state index is 0.821. The van der Waals surface area contributed by atoms with Crippen LogP contribution in [0.1, 0.15) is 22.3 Å². The van der Waals surface area contributed by atoms with E-state index >= 15 is 0 Å². The molecule has 0 aliphatic rings. The lowest BCUT2D eigenvalue weighted by Gasteiger charge is -2.34. The molecule has 1 nitrogen and oxygen atoms in total. The van der Waals surface area contributed by atoms with Crippen molar-refractivity contribution in [3.05, 3.63) is 114 Å². The molecule has 0 aromatic heterocycles. The van der Waals surface area contributed by atoms with Gasteiger partial charge in [-0.1, -0.05) is 92.0 Å². The van der Waals surface area contributed by atoms with Gasteiger partial charge < -0.3 is 0 Å². The average Bonchev–Trinajstić information content (AvgIpc) is 2.70. The van der Waals surface area contributed by atoms with Gasteiger partial charge in [0.15, 0.2) is 0 Å². The van der Waals surface area contributed by atoms with Crippen molar-refractivity contribution in [3.63, 3.8) is 0 Å². The monoisotopic (exact) mass is 340 g/mol. The molecule has 0 atom stereocenters. The minimum Gasteiger partial charge on any atom is -0.286 e. The molecule has 0 radical (unpaired) electrons. The fourth-order valence-electron chi connectivity index (χ4n) is 3.35. The molecule has 0 amide bonds. The molecule has 0 aliphatic carbocycles. The molecule has 1 heteroatoms. The molecular weight excluding hydrogens is 314 g/mol. The molecular formula is C25H26N+. The molecule has 3 aromatic rings. The molecule has 26 heavy (non-hydrogen) atoms. The second-order valence-electron chi connectivity index (χ2n) is 6.94. The van der Waals surface area contributed by atoms with Crippen LogP contribution in [-0.2, 0) is 13.1 Å². The summed E-state index contributed by atoms with van der Waals surface area (Å²) in [6, 6.07) is 28.1. The van der Waals surface area contributed by atoms with Crippen LogP contribution in [0.3, 0.4) is 0 Å². The van der Waals surface area contributed by atoms with E-state index in [-0.39, 0.29) is 0 Å². The van der Waals surface area contributed by atoms with Gasteiger partial charge in [-0.25, -0.2) is 0 Å². The Morgan fingerprint density at radius 3 is 1.46 bits per heavy atom. The lowest BCUT2D eigenvalue weighted by atomic mass is 10.1. The third kappa shape index (κ3) is 4.19. The van der Waals surface area contributed by atoms with Gasteiger partial charge in [0.1, 0.15) is 18.8 Å². The number of para-hydroxylation sites is 1. The number of benzene rings is 3. The van der Waals surface area contributed by atoms with Crippen molar-refractivity contribution in [2.24, 2.45) is 0 Å². The van der Waals surface area contributed by atoms with Crippen LogP contribution in [0.15, 0.2) is 92.0 Å². The molecule has 0 unspecified atom stereocenters. The minimum atomic E-state index is 0.821. The van der Waals surface area contributed by atoms with E-state index in [2.05, 4.69) is 99.1 Å². The summed E-state index contributed by atoms with van der Waals surface area (Å²) < 4.78 is 0.821. The number of hydrogen-bond donors (Lipinski definition) is 0. The first kappa shape index (κ1) is 17.9. The summed E-state index contributed by atoms with van der Waals surface area (Å²) in [6.45, 7) is 9.55. The van der Waals surface area contributed by atoms with E-state index in [0.717, 1.165) is 28.7 Å². The smallest absolute Gasteiger partial charge is 0.133 e. The van der Waals surface area contributed by atoms with Crippen LogP contribution < -0.4 is 4.48 Å². The Labute approximate surface area is 157 Å². The highest BCUT2D eigenvalue weighted by atomic mass is 15.3. The van der Waals surface area contributed by atoms with Crippen molar-refractivity contribution >= 4 is 17.8 Å². The van der Waals surface area contributed by atoms with Crippen LogP contribution in [0.4, 0.5) is 5.69 Å². The normalized spacial score (nSPS) is 11.1. The van der Waals surface area contributed by atoms with E-state index < -0.39 is 0 Å². The fourth-order valence-corrected chi connectivity index (χ4v) is 3.35. The molecule has 0 spiro atoms. The van der Waals surface area contributed by atoms with Crippen LogP contribution in [0.2, 0.25) is 0 Å². The van der Waals surface area contributed by atoms with Crippen molar-refractivity contribution in [1.29, 1.82) is 0 Å². The van der Waals surface area contributed by atoms with Crippen molar-refractivity contribution in [3.8, 4) is 0 Å². The Balaban J connectivity index is 1.92. The van der Waals surface area contributed by atoms with Gasteiger partial charge in [0, 0.05) is 11.1 Å². The van der Waals surface area contributed by atoms with Gasteiger partial charge in [-0.2, -0.15) is 0 Å². The molecule has 0 heterocycles. The standard InChI is InChI=1S/C25H26N/c1-4-21-11-15-23(16-12-21)19-26(3,25-9-7-6-8-10-25)20-24-17-13-22(5-2)14-18-24/h4-18H,1-2,19-20H2,3H3/q+1. The zero-order valence-electron chi connectivity index (χ0n) is 15.4. The van der Waals surface area contributed by atoms with Gasteiger partial charge in [0.05, 0.1) is 7.05 Å². The highest BCUT2D eigenvalue weighted by Crippen LogP contribution is 2.27. The first-order chi connectivity index (χ1) is 12.6. The van der Waals surface area contributed by atoms with Crippen molar-refractivity contribution in [2.75, 3.05) is 7.05 Å². The van der Waals surface area contributed by atoms with Crippen molar-refractivity contribution in [2.45, 2.75) is 13.1 Å². The van der Waals surface area contributed by atoms with Crippen molar-refractivity contribution < 1.29 is 0 Å². The topological polar surface area (TPSA) is 0 Å². The van der Waals surface area contributed by atoms with Gasteiger partial charge in [0.2, 0.25) is 0 Å². The van der Waals surface area contributed by atoms with Gasteiger partial charge in [0.25, 0.3) is 0 Å². The zero-order chi connectivity index (χ0) is 18.4. The summed E-state index contributed by atoms with van der Waals surface area (Å²) in [6.07, 6.45) is 3.77. The quantitative estimate of drug-likeness (QED) is 0.442. The Bertz CT molecular complexity index is 805. The number of nitrogens with zero attached hydrogens (tertiary/aromatic N) is 1. The molecule has 3 aromatic carbocycles. The van der Waals surface area contributed by atoms with Crippen LogP contribution in [0, 0.1) is 0 Å². The molecule has 0 saturated heterocycles. The summed E-state index contributed by atoms with van der Waals surface area (Å²) >= 11 is 0. The second-order valence-corrected chi connectivity index (χ2v) is 6.94. The third-order valence-corrected chi connectivity index (χ3v) is 4.87. The van der Waals surface area contributed by atoms with Gasteiger partial charge in [-0.3, -0.25) is 4.48 Å². The number of quaternary nitrogens is 1. The lowest BCUT2D eigenvalue weighted by molar-refractivity contribution is 0.314. The summed E-state index contributed by atoms with van der Waals surface area (Å²) in [4.78, 5) is 0. The van der Waals surface area contributed by atoms with E-state index in [1.807, 2.05) is 12.2 Å². The Kier molecular flexibility index (Phi) is 5.50. The zero-order valence-corrected chi connectivity index (χ0v) is 15.4. The third-order valence-electron chi connectivity index (χ3n) is 4.87. The molecule has 130 valence electrons. The van der Waals surface area contributed by atoms with E-state index in [1.54, 1.807) is 0 Å². The largest absolute Gasteiger partial charge is 0.286 e. The molecule has 0 N–H and O–H groups in total. The summed E-state index contributed by atoms with van der Waals surface area (Å²) in [5.74, 6) is 0. The van der Waals surface area contributed by atoms with Gasteiger partial charge in [-0.15, -0.1) is 0 Å². The summed E-state index contributed by atoms with van der Waals surface area (Å²) in [5, 5.41) is 0. The first-order valence-corrected chi connectivity index (χ1v) is 8.96. The average molecular weight is 340 g/mol. The maximum absolute atomic E-state index is 3.84. The van der Waals surface area contributed by atoms with Crippen LogP contribution in [-0.4, -0.2) is 7.05 Å². The van der Waals surface area contributed by atoms with Gasteiger partial charge >= 0.3 is 0 Å². The maximum atomic E-state index is 3.84. The highest BCUT2D eigenvalue weighted by molar-refractivity contribution is 5.49. The summed E-state index contributed by atoms with van der Waals surface area (Å²) in [7, 11) is 2.30. The van der Waals surface area contributed by atoms with E-state index in [9.17, 15) is 0 Å². The molecule has 0 aliphatic heterocycles. The maximum Gasteiger partial charge on any atom is 0.133 e. The second kappa shape index (κ2) is 7.99. The van der Waals surface area contributed by atoms with Crippen LogP contribution in [0.5, 0.6) is 0 Å². The lowest BCUT2D eigenvalue weighted by Crippen LogP contribution is -2.43. The van der Waals surface area contributed by atoms with Gasteiger partial charge in [-0.05, 0) is 23.3 Å². The predicted molar refractivity (Wildman–Crippen MR) is 115 cm³/mol. The van der Waals surface area contributed by atoms with E-state index in [0.29, 0.717) is 0 Å². The number of rotatable bonds is 7. The predicted octanol–water partition coefficient (Wildman–Crippen LogP) is 6.31. The Morgan fingerprint density at radius 2 is 1.08 bits per heavy atom. The van der Waals surface area contributed by atoms with E-state index in [1.165, 1.54) is 16.8 Å². The van der Waals surface area contributed by atoms with Crippen molar-refractivity contribution in [1.82, 2.24) is 4.48 Å². The fraction of sp³-hybridized carbons (Fsp3) is 0.120. The molecule has 3 rings (SSSR count). The number of hydrogen-bond acceptors (Lipinski definition) is 0. The molecule has 0 bridgehead atoms. The van der Waals surface area contributed by atoms with Crippen LogP contribution in [0.25, 0.3) is 12.2 Å². The van der Waals surface area contributed by atoms with E-state index in [4.69, 9.17) is 0 Å². The molecule has 0 saturated carbocycles. The molecule has 0 fully saturated rings. The summed E-state index contributed by atoms with van der Waals surface area (Å²) in [5.41, 5.74) is 6.27. The van der Waals surface area contributed by atoms with Crippen LogP contribution >= 0.6 is 0 Å².